The summed E-state index contributed by atoms with van der Waals surface area (Å²) in [5.74, 6) is 0. The van der Waals surface area contributed by atoms with Gasteiger partial charge >= 0.3 is 0 Å². The number of allylic oxidation sites excluding steroid dienone is 3. The largest absolute Gasteiger partial charge is 0.311 e. The standard InChI is InChI=1S/C9H14N/c1-2-3-4-6-9-7-5-8-10-9/h2-4,6,9-10H,1,5,7-8H2. The Balaban J connectivity index is 2.22. The van der Waals surface area contributed by atoms with Crippen molar-refractivity contribution < 1.29 is 0 Å². The minimum absolute atomic E-state index is 0.608. The van der Waals surface area contributed by atoms with Gasteiger partial charge in [-0.1, -0.05) is 24.3 Å². The molecule has 55 valence electrons. The summed E-state index contributed by atoms with van der Waals surface area (Å²) in [6.07, 6.45) is 10.6. The molecule has 1 rings (SSSR count). The van der Waals surface area contributed by atoms with Crippen LogP contribution in [0.4, 0.5) is 0 Å². The van der Waals surface area contributed by atoms with Crippen molar-refractivity contribution >= 4 is 0 Å². The van der Waals surface area contributed by atoms with Crippen molar-refractivity contribution in [3.05, 3.63) is 31.2 Å². The molecule has 1 fully saturated rings. The highest BCUT2D eigenvalue weighted by atomic mass is 14.9. The van der Waals surface area contributed by atoms with Gasteiger partial charge in [-0.2, -0.15) is 0 Å². The summed E-state index contributed by atoms with van der Waals surface area (Å²) in [6, 6.07) is 0.608. The van der Waals surface area contributed by atoms with E-state index in [1.165, 1.54) is 19.4 Å². The van der Waals surface area contributed by atoms with E-state index in [-0.39, 0.29) is 0 Å². The minimum Gasteiger partial charge on any atom is -0.311 e. The lowest BCUT2D eigenvalue weighted by molar-refractivity contribution is 0.727. The van der Waals surface area contributed by atoms with Crippen LogP contribution in [0.5, 0.6) is 0 Å². The zero-order valence-corrected chi connectivity index (χ0v) is 6.22. The third kappa shape index (κ3) is 2.36. The predicted octanol–water partition coefficient (Wildman–Crippen LogP) is 1.68. The molecule has 1 N–H and O–H groups in total. The van der Waals surface area contributed by atoms with Gasteiger partial charge in [-0.15, -0.1) is 0 Å². The second-order valence-corrected chi connectivity index (χ2v) is 2.52. The van der Waals surface area contributed by atoms with Crippen LogP contribution in [0, 0.1) is 6.92 Å². The van der Waals surface area contributed by atoms with Gasteiger partial charge in [0.2, 0.25) is 0 Å². The summed E-state index contributed by atoms with van der Waals surface area (Å²) in [5.41, 5.74) is 0. The molecule has 1 heteroatoms. The summed E-state index contributed by atoms with van der Waals surface area (Å²) < 4.78 is 0. The zero-order chi connectivity index (χ0) is 7.23. The van der Waals surface area contributed by atoms with Crippen LogP contribution in [0.1, 0.15) is 12.8 Å². The van der Waals surface area contributed by atoms with Crippen LogP contribution in [0.2, 0.25) is 0 Å². The van der Waals surface area contributed by atoms with Gasteiger partial charge in [0.1, 0.15) is 0 Å². The Morgan fingerprint density at radius 2 is 2.30 bits per heavy atom. The molecule has 10 heavy (non-hydrogen) atoms. The molecule has 0 aliphatic carbocycles. The Bertz CT molecular complexity index is 130. The fourth-order valence-corrected chi connectivity index (χ4v) is 1.15. The molecule has 0 aromatic heterocycles. The highest BCUT2D eigenvalue weighted by Crippen LogP contribution is 2.05. The molecular weight excluding hydrogens is 122 g/mol. The molecule has 1 nitrogen and oxygen atoms in total. The first-order valence-corrected chi connectivity index (χ1v) is 3.79. The zero-order valence-electron chi connectivity index (χ0n) is 6.22. The van der Waals surface area contributed by atoms with Gasteiger partial charge < -0.3 is 5.32 Å². The summed E-state index contributed by atoms with van der Waals surface area (Å²) in [5, 5.41) is 3.37. The molecule has 0 bridgehead atoms. The lowest BCUT2D eigenvalue weighted by Crippen LogP contribution is -2.17. The summed E-state index contributed by atoms with van der Waals surface area (Å²) in [7, 11) is 0. The minimum atomic E-state index is 0.608. The Hall–Kier alpha value is -0.560. The molecular formula is C9H14N. The average molecular weight is 136 g/mol. The molecule has 1 saturated heterocycles. The quantitative estimate of drug-likeness (QED) is 0.569. The molecule has 0 amide bonds. The molecule has 0 aromatic rings. The molecule has 1 aliphatic heterocycles. The van der Waals surface area contributed by atoms with E-state index in [1.54, 1.807) is 6.08 Å². The lowest BCUT2D eigenvalue weighted by Gasteiger charge is -1.99. The van der Waals surface area contributed by atoms with Gasteiger partial charge in [-0.05, 0) is 26.3 Å². The van der Waals surface area contributed by atoms with Crippen molar-refractivity contribution in [1.82, 2.24) is 5.32 Å². The second-order valence-electron chi connectivity index (χ2n) is 2.52. The van der Waals surface area contributed by atoms with Crippen molar-refractivity contribution in [3.63, 3.8) is 0 Å². The van der Waals surface area contributed by atoms with Crippen LogP contribution < -0.4 is 5.32 Å². The number of rotatable bonds is 2. The van der Waals surface area contributed by atoms with Gasteiger partial charge in [0.05, 0.1) is 0 Å². The van der Waals surface area contributed by atoms with Gasteiger partial charge in [0.25, 0.3) is 0 Å². The Morgan fingerprint density at radius 3 is 2.90 bits per heavy atom. The molecule has 0 saturated carbocycles. The van der Waals surface area contributed by atoms with Crippen LogP contribution in [-0.2, 0) is 0 Å². The molecule has 1 unspecified atom stereocenters. The molecule has 1 aliphatic rings. The van der Waals surface area contributed by atoms with Crippen LogP contribution in [0.15, 0.2) is 24.3 Å². The Labute approximate surface area is 62.8 Å². The van der Waals surface area contributed by atoms with Crippen LogP contribution in [0.3, 0.4) is 0 Å². The van der Waals surface area contributed by atoms with Crippen LogP contribution in [-0.4, -0.2) is 12.6 Å². The maximum absolute atomic E-state index is 3.60. The van der Waals surface area contributed by atoms with E-state index < -0.39 is 0 Å². The fourth-order valence-electron chi connectivity index (χ4n) is 1.15. The summed E-state index contributed by atoms with van der Waals surface area (Å²) in [4.78, 5) is 0. The topological polar surface area (TPSA) is 12.0 Å². The van der Waals surface area contributed by atoms with E-state index in [4.69, 9.17) is 0 Å². The van der Waals surface area contributed by atoms with Crippen molar-refractivity contribution in [3.8, 4) is 0 Å². The van der Waals surface area contributed by atoms with Crippen molar-refractivity contribution in [2.24, 2.45) is 0 Å². The monoisotopic (exact) mass is 136 g/mol. The summed E-state index contributed by atoms with van der Waals surface area (Å²) in [6.45, 7) is 4.77. The molecule has 1 radical (unpaired) electrons. The number of nitrogens with one attached hydrogen (secondary N) is 1. The van der Waals surface area contributed by atoms with Gasteiger partial charge in [-0.25, -0.2) is 0 Å². The number of hydrogen-bond acceptors (Lipinski definition) is 1. The lowest BCUT2D eigenvalue weighted by atomic mass is 10.2. The molecule has 1 heterocycles. The van der Waals surface area contributed by atoms with Crippen molar-refractivity contribution in [1.29, 1.82) is 0 Å². The highest BCUT2D eigenvalue weighted by molar-refractivity contribution is 5.07. The van der Waals surface area contributed by atoms with E-state index in [0.29, 0.717) is 6.04 Å². The van der Waals surface area contributed by atoms with E-state index in [0.717, 1.165) is 0 Å². The highest BCUT2D eigenvalue weighted by Gasteiger charge is 2.08. The fraction of sp³-hybridized carbons (Fsp3) is 0.444. The first-order chi connectivity index (χ1) is 4.93. The van der Waals surface area contributed by atoms with E-state index >= 15 is 0 Å². The Kier molecular flexibility index (Phi) is 3.23. The van der Waals surface area contributed by atoms with Crippen LogP contribution >= 0.6 is 0 Å². The van der Waals surface area contributed by atoms with Crippen LogP contribution in [0.25, 0.3) is 0 Å². The first-order valence-electron chi connectivity index (χ1n) is 3.79. The smallest absolute Gasteiger partial charge is 0.0253 e. The maximum Gasteiger partial charge on any atom is 0.0253 e. The number of hydrogen-bond donors (Lipinski definition) is 1. The van der Waals surface area contributed by atoms with Gasteiger partial charge in [0.15, 0.2) is 0 Å². The molecule has 0 spiro atoms. The molecule has 0 aromatic carbocycles. The normalized spacial score (nSPS) is 27.1. The van der Waals surface area contributed by atoms with Gasteiger partial charge in [-0.3, -0.25) is 0 Å². The van der Waals surface area contributed by atoms with E-state index in [1.807, 2.05) is 6.08 Å². The molecule has 1 atom stereocenters. The van der Waals surface area contributed by atoms with Crippen molar-refractivity contribution in [2.75, 3.05) is 6.54 Å². The average Bonchev–Trinajstić information content (AvgIpc) is 2.41. The third-order valence-corrected chi connectivity index (χ3v) is 1.69. The maximum atomic E-state index is 3.60. The first kappa shape index (κ1) is 7.55. The van der Waals surface area contributed by atoms with Crippen molar-refractivity contribution in [2.45, 2.75) is 18.9 Å². The summed E-state index contributed by atoms with van der Waals surface area (Å²) >= 11 is 0. The Morgan fingerprint density at radius 1 is 1.40 bits per heavy atom. The second kappa shape index (κ2) is 4.29. The predicted molar refractivity (Wildman–Crippen MR) is 44.7 cm³/mol. The van der Waals surface area contributed by atoms with E-state index in [2.05, 4.69) is 24.4 Å². The van der Waals surface area contributed by atoms with E-state index in [9.17, 15) is 0 Å². The SMILES string of the molecule is [CH2]C=CC=CC1CCCN1. The third-order valence-electron chi connectivity index (χ3n) is 1.69. The van der Waals surface area contributed by atoms with Gasteiger partial charge in [0, 0.05) is 6.04 Å².